The second-order valence-electron chi connectivity index (χ2n) is 9.12. The lowest BCUT2D eigenvalue weighted by Gasteiger charge is -2.45. The molecule has 0 saturated heterocycles. The van der Waals surface area contributed by atoms with Gasteiger partial charge in [0.15, 0.2) is 5.60 Å². The average molecular weight is 510 g/mol. The maximum Gasteiger partial charge on any atom is 0.339 e. The van der Waals surface area contributed by atoms with E-state index in [9.17, 15) is 19.5 Å². The van der Waals surface area contributed by atoms with Crippen molar-refractivity contribution in [3.05, 3.63) is 62.2 Å². The molecule has 2 unspecified atom stereocenters. The van der Waals surface area contributed by atoms with E-state index in [-0.39, 0.29) is 24.0 Å². The van der Waals surface area contributed by atoms with Crippen molar-refractivity contribution in [2.45, 2.75) is 59.4 Å². The number of hydrogen-bond acceptors (Lipinski definition) is 9. The normalized spacial score (nSPS) is 19.1. The van der Waals surface area contributed by atoms with Crippen LogP contribution in [-0.2, 0) is 29.3 Å². The average Bonchev–Trinajstić information content (AvgIpc) is 2.76. The first-order valence-electron chi connectivity index (χ1n) is 11.5. The molecule has 194 valence electrons. The SMILES string of the molecule is CC1=C([PH2]=O)C(OC(C)C)(c2cccc([N+](=O)[O-])c2)C(C(=O)OCCN(C)C)=C(C)N1OC(C)C. The predicted molar refractivity (Wildman–Crippen MR) is 134 cm³/mol. The van der Waals surface area contributed by atoms with E-state index in [1.165, 1.54) is 23.3 Å². The molecule has 11 heteroatoms. The number of nitrogens with zero attached hydrogens (tertiary/aromatic N) is 3. The summed E-state index contributed by atoms with van der Waals surface area (Å²) in [4.78, 5) is 32.6. The highest BCUT2D eigenvalue weighted by molar-refractivity contribution is 7.29. The van der Waals surface area contributed by atoms with Crippen molar-refractivity contribution in [2.24, 2.45) is 0 Å². The molecule has 10 nitrogen and oxygen atoms in total. The molecule has 2 rings (SSSR count). The van der Waals surface area contributed by atoms with Crippen molar-refractivity contribution in [1.29, 1.82) is 0 Å². The second kappa shape index (κ2) is 11.9. The lowest BCUT2D eigenvalue weighted by Crippen LogP contribution is -2.46. The Morgan fingerprint density at radius 2 is 1.83 bits per heavy atom. The number of nitro groups is 1. The summed E-state index contributed by atoms with van der Waals surface area (Å²) in [6.45, 7) is 11.3. The second-order valence-corrected chi connectivity index (χ2v) is 9.93. The van der Waals surface area contributed by atoms with Gasteiger partial charge in [-0.2, -0.15) is 0 Å². The Morgan fingerprint density at radius 1 is 1.17 bits per heavy atom. The van der Waals surface area contributed by atoms with Crippen LogP contribution in [0.4, 0.5) is 5.69 Å². The van der Waals surface area contributed by atoms with E-state index >= 15 is 0 Å². The number of ether oxygens (including phenoxy) is 2. The smallest absolute Gasteiger partial charge is 0.339 e. The fraction of sp³-hybridized carbons (Fsp3) is 0.542. The van der Waals surface area contributed by atoms with E-state index in [1.54, 1.807) is 33.8 Å². The molecule has 1 aromatic rings. The van der Waals surface area contributed by atoms with Crippen molar-refractivity contribution in [1.82, 2.24) is 9.96 Å². The van der Waals surface area contributed by atoms with Gasteiger partial charge in [-0.15, -0.1) is 0 Å². The fourth-order valence-electron chi connectivity index (χ4n) is 4.01. The summed E-state index contributed by atoms with van der Waals surface area (Å²) in [7, 11) is 2.09. The number of non-ortho nitro benzene ring substituents is 1. The number of carbonyl (C=O) groups excluding carboxylic acids is 1. The lowest BCUT2D eigenvalue weighted by atomic mass is 9.80. The van der Waals surface area contributed by atoms with E-state index in [0.717, 1.165) is 0 Å². The lowest BCUT2D eigenvalue weighted by molar-refractivity contribution is -0.385. The molecule has 1 aliphatic heterocycles. The Bertz CT molecular complexity index is 1040. The Kier molecular flexibility index (Phi) is 9.80. The third-order valence-electron chi connectivity index (χ3n) is 5.38. The van der Waals surface area contributed by atoms with Gasteiger partial charge in [-0.1, -0.05) is 12.1 Å². The summed E-state index contributed by atoms with van der Waals surface area (Å²) in [6.07, 6.45) is -0.678. The summed E-state index contributed by atoms with van der Waals surface area (Å²) < 4.78 is 24.9. The molecule has 0 aliphatic carbocycles. The number of benzene rings is 1. The van der Waals surface area contributed by atoms with Crippen LogP contribution in [0.15, 0.2) is 46.5 Å². The van der Waals surface area contributed by atoms with E-state index < -0.39 is 31.1 Å². The largest absolute Gasteiger partial charge is 0.461 e. The number of hydrogen-bond donors (Lipinski definition) is 0. The van der Waals surface area contributed by atoms with Crippen molar-refractivity contribution >= 4 is 20.1 Å². The summed E-state index contributed by atoms with van der Waals surface area (Å²) in [5.74, 6) is -0.674. The zero-order chi connectivity index (χ0) is 26.5. The van der Waals surface area contributed by atoms with Gasteiger partial charge in [0, 0.05) is 29.6 Å². The van der Waals surface area contributed by atoms with Crippen molar-refractivity contribution < 1.29 is 28.6 Å². The number of likely N-dealkylation sites (N-methyl/N-ethyl adjacent to an activating group) is 1. The van der Waals surface area contributed by atoms with Gasteiger partial charge in [-0.05, 0) is 55.6 Å². The van der Waals surface area contributed by atoms with Crippen LogP contribution < -0.4 is 0 Å². The van der Waals surface area contributed by atoms with Gasteiger partial charge < -0.3 is 18.9 Å². The first-order chi connectivity index (χ1) is 16.4. The number of nitro benzene ring substituents is 1. The molecule has 0 fully saturated rings. The van der Waals surface area contributed by atoms with Crippen molar-refractivity contribution in [3.8, 4) is 0 Å². The molecule has 0 spiro atoms. The van der Waals surface area contributed by atoms with Crippen LogP contribution in [0.25, 0.3) is 0 Å². The first-order valence-corrected chi connectivity index (χ1v) is 12.5. The van der Waals surface area contributed by atoms with Gasteiger partial charge in [0.05, 0.1) is 42.6 Å². The number of esters is 1. The quantitative estimate of drug-likeness (QED) is 0.187. The van der Waals surface area contributed by atoms with Crippen LogP contribution in [0, 0.1) is 10.1 Å². The van der Waals surface area contributed by atoms with Crippen LogP contribution in [0.1, 0.15) is 47.1 Å². The maximum atomic E-state index is 13.7. The molecule has 1 heterocycles. The molecule has 0 bridgehead atoms. The minimum atomic E-state index is -1.66. The molecular formula is C24H36N3O7P. The highest BCUT2D eigenvalue weighted by Gasteiger charge is 2.52. The molecular weight excluding hydrogens is 473 g/mol. The summed E-state index contributed by atoms with van der Waals surface area (Å²) in [5, 5.41) is 13.4. The minimum absolute atomic E-state index is 0.0788. The van der Waals surface area contributed by atoms with E-state index in [4.69, 9.17) is 14.3 Å². The van der Waals surface area contributed by atoms with Crippen molar-refractivity contribution in [2.75, 3.05) is 27.2 Å². The minimum Gasteiger partial charge on any atom is -0.461 e. The standard InChI is InChI=1S/C24H36N3O7P/c1-15(2)33-24(19-10-9-11-20(14-19)27(29)30)21(23(28)32-13-12-25(7)8)17(5)26(34-16(3)4)18(6)22(24)35-31/h9-11,14-16H,12-13,35H2,1-8H3. The van der Waals surface area contributed by atoms with Gasteiger partial charge in [0.25, 0.3) is 5.69 Å². The summed E-state index contributed by atoms with van der Waals surface area (Å²) >= 11 is 0. The van der Waals surface area contributed by atoms with Crippen LogP contribution in [-0.4, -0.2) is 60.3 Å². The fourth-order valence-corrected chi connectivity index (χ4v) is 4.84. The van der Waals surface area contributed by atoms with Gasteiger partial charge in [-0.25, -0.2) is 9.86 Å². The van der Waals surface area contributed by atoms with E-state index in [1.807, 2.05) is 32.8 Å². The molecule has 0 aromatic heterocycles. The van der Waals surface area contributed by atoms with E-state index in [0.29, 0.717) is 28.8 Å². The van der Waals surface area contributed by atoms with Crippen molar-refractivity contribution in [3.63, 3.8) is 0 Å². The van der Waals surface area contributed by atoms with Crippen LogP contribution in [0.5, 0.6) is 0 Å². The Balaban J connectivity index is 2.91. The monoisotopic (exact) mass is 509 g/mol. The van der Waals surface area contributed by atoms with E-state index in [2.05, 4.69) is 0 Å². The topological polar surface area (TPSA) is 111 Å². The maximum absolute atomic E-state index is 13.7. The summed E-state index contributed by atoms with van der Waals surface area (Å²) in [6, 6.07) is 5.87. The Labute approximate surface area is 207 Å². The first kappa shape index (κ1) is 28.7. The molecule has 0 radical (unpaired) electrons. The number of allylic oxidation sites excluding steroid dienone is 2. The number of rotatable bonds is 11. The molecule has 35 heavy (non-hydrogen) atoms. The molecule has 0 N–H and O–H groups in total. The number of hydroxylamine groups is 2. The van der Waals surface area contributed by atoms with Gasteiger partial charge in [0.2, 0.25) is 0 Å². The van der Waals surface area contributed by atoms with Crippen LogP contribution in [0.2, 0.25) is 0 Å². The van der Waals surface area contributed by atoms with Gasteiger partial charge >= 0.3 is 5.97 Å². The third-order valence-corrected chi connectivity index (χ3v) is 6.44. The zero-order valence-corrected chi connectivity index (χ0v) is 22.8. The molecule has 1 aromatic carbocycles. The summed E-state index contributed by atoms with van der Waals surface area (Å²) in [5.41, 5.74) is -0.535. The number of carbonyl (C=O) groups is 1. The van der Waals surface area contributed by atoms with Gasteiger partial charge in [-0.3, -0.25) is 15.0 Å². The highest BCUT2D eigenvalue weighted by atomic mass is 31.1. The van der Waals surface area contributed by atoms with Crippen LogP contribution in [0.3, 0.4) is 0 Å². The van der Waals surface area contributed by atoms with Crippen LogP contribution >= 0.6 is 8.46 Å². The Hall–Kier alpha value is -2.52. The molecule has 2 atom stereocenters. The molecule has 0 amide bonds. The zero-order valence-electron chi connectivity index (χ0n) is 21.7. The highest BCUT2D eigenvalue weighted by Crippen LogP contribution is 2.53. The third kappa shape index (κ3) is 6.19. The molecule has 1 aliphatic rings. The predicted octanol–water partition coefficient (Wildman–Crippen LogP) is 4.24. The Morgan fingerprint density at radius 3 is 2.34 bits per heavy atom. The molecule has 0 saturated carbocycles. The van der Waals surface area contributed by atoms with Gasteiger partial charge in [0.1, 0.15) is 6.61 Å².